The molecule has 1 atom stereocenters. The van der Waals surface area contributed by atoms with Crippen molar-refractivity contribution in [2.45, 2.75) is 25.8 Å². The molecule has 0 saturated heterocycles. The van der Waals surface area contributed by atoms with Crippen LogP contribution in [0.5, 0.6) is 0 Å². The number of carbonyl (C=O) groups is 3. The molecule has 0 aliphatic rings. The van der Waals surface area contributed by atoms with E-state index in [0.29, 0.717) is 6.42 Å². The average Bonchev–Trinajstić information content (AvgIpc) is 2.38. The molecule has 6 heteroatoms. The lowest BCUT2D eigenvalue weighted by molar-refractivity contribution is -0.137. The topological polar surface area (TPSA) is 98.2 Å². The first kappa shape index (κ1) is 15.7. The van der Waals surface area contributed by atoms with Crippen LogP contribution >= 0.6 is 0 Å². The summed E-state index contributed by atoms with van der Waals surface area (Å²) in [6.45, 7) is 1.45. The summed E-state index contributed by atoms with van der Waals surface area (Å²) in [6.07, 6.45) is 0.338. The lowest BCUT2D eigenvalue weighted by Gasteiger charge is -2.17. The van der Waals surface area contributed by atoms with Crippen LogP contribution in [0.1, 0.15) is 18.9 Å². The lowest BCUT2D eigenvalue weighted by Crippen LogP contribution is -2.47. The van der Waals surface area contributed by atoms with Gasteiger partial charge in [-0.2, -0.15) is 0 Å². The Bertz CT molecular complexity index is 473. The van der Waals surface area contributed by atoms with Gasteiger partial charge in [-0.05, 0) is 5.56 Å². The van der Waals surface area contributed by atoms with E-state index in [1.165, 1.54) is 6.92 Å². The van der Waals surface area contributed by atoms with E-state index in [1.54, 1.807) is 0 Å². The van der Waals surface area contributed by atoms with E-state index >= 15 is 0 Å². The number of hydrogen-bond donors (Lipinski definition) is 2. The second-order valence-corrected chi connectivity index (χ2v) is 4.41. The van der Waals surface area contributed by atoms with Gasteiger partial charge in [-0.15, -0.1) is 0 Å². The SMILES string of the molecule is CC(=O)N[C@@H](Cc1ccccc1)C(=O)NCCC(=O)[OH2+]. The van der Waals surface area contributed by atoms with Crippen LogP contribution in [0.25, 0.3) is 0 Å². The highest BCUT2D eigenvalue weighted by Gasteiger charge is 2.20. The van der Waals surface area contributed by atoms with Gasteiger partial charge >= 0.3 is 5.97 Å². The van der Waals surface area contributed by atoms with Gasteiger partial charge in [-0.3, -0.25) is 9.59 Å². The Balaban J connectivity index is 2.61. The van der Waals surface area contributed by atoms with E-state index in [9.17, 15) is 14.4 Å². The first-order valence-corrected chi connectivity index (χ1v) is 6.32. The molecule has 1 rings (SSSR count). The largest absolute Gasteiger partial charge is 0.565 e. The highest BCUT2D eigenvalue weighted by molar-refractivity contribution is 5.87. The van der Waals surface area contributed by atoms with Gasteiger partial charge in [-0.1, -0.05) is 30.3 Å². The van der Waals surface area contributed by atoms with Gasteiger partial charge in [0.05, 0.1) is 0 Å². The Hall–Kier alpha value is -2.37. The van der Waals surface area contributed by atoms with E-state index in [2.05, 4.69) is 10.6 Å². The number of benzene rings is 1. The second kappa shape index (κ2) is 7.93. The van der Waals surface area contributed by atoms with Crippen LogP contribution < -0.4 is 10.6 Å². The fourth-order valence-electron chi connectivity index (χ4n) is 1.73. The van der Waals surface area contributed by atoms with Gasteiger partial charge in [0, 0.05) is 24.7 Å². The lowest BCUT2D eigenvalue weighted by atomic mass is 10.1. The maximum absolute atomic E-state index is 12.0. The third-order valence-electron chi connectivity index (χ3n) is 2.63. The molecule has 0 saturated carbocycles. The summed E-state index contributed by atoms with van der Waals surface area (Å²) in [4.78, 5) is 33.6. The third-order valence-corrected chi connectivity index (χ3v) is 2.63. The minimum atomic E-state index is -0.732. The number of nitrogens with one attached hydrogen (secondary N) is 2. The Morgan fingerprint density at radius 3 is 2.40 bits per heavy atom. The summed E-state index contributed by atoms with van der Waals surface area (Å²) in [5, 5.41) is 11.9. The van der Waals surface area contributed by atoms with E-state index < -0.39 is 12.0 Å². The summed E-state index contributed by atoms with van der Waals surface area (Å²) in [5.74, 6) is -1.38. The monoisotopic (exact) mass is 279 g/mol. The van der Waals surface area contributed by atoms with Crippen LogP contribution in [0.2, 0.25) is 0 Å². The van der Waals surface area contributed by atoms with Crippen LogP contribution in [0.3, 0.4) is 0 Å². The van der Waals surface area contributed by atoms with Gasteiger partial charge < -0.3 is 15.7 Å². The van der Waals surface area contributed by atoms with Crippen LogP contribution in [0, 0.1) is 0 Å². The molecule has 108 valence electrons. The molecule has 4 N–H and O–H groups in total. The predicted octanol–water partition coefficient (Wildman–Crippen LogP) is -0.509. The predicted molar refractivity (Wildman–Crippen MR) is 74.0 cm³/mol. The highest BCUT2D eigenvalue weighted by atomic mass is 16.4. The van der Waals surface area contributed by atoms with Crippen LogP contribution in [-0.2, 0) is 20.8 Å². The molecular formula is C14H19N2O4+. The van der Waals surface area contributed by atoms with Crippen molar-refractivity contribution in [3.8, 4) is 0 Å². The first-order valence-electron chi connectivity index (χ1n) is 6.32. The first-order chi connectivity index (χ1) is 9.49. The summed E-state index contributed by atoms with van der Waals surface area (Å²) in [7, 11) is 0. The standard InChI is InChI=1S/C14H18N2O4/c1-10(17)16-12(9-11-5-3-2-4-6-11)14(20)15-8-7-13(18)19/h2-6,12H,7-9H2,1H3,(H,15,20)(H,16,17)(H,18,19)/p+1/t12-/m0/s1. The third kappa shape index (κ3) is 5.99. The van der Waals surface area contributed by atoms with Crippen molar-refractivity contribution < 1.29 is 19.5 Å². The molecule has 0 radical (unpaired) electrons. The van der Waals surface area contributed by atoms with Gasteiger partial charge in [-0.25, -0.2) is 0 Å². The Morgan fingerprint density at radius 1 is 1.20 bits per heavy atom. The molecule has 1 aromatic rings. The molecule has 0 heterocycles. The van der Waals surface area contributed by atoms with E-state index in [4.69, 9.17) is 5.11 Å². The van der Waals surface area contributed by atoms with Crippen LogP contribution in [0.4, 0.5) is 0 Å². The van der Waals surface area contributed by atoms with Crippen molar-refractivity contribution in [2.75, 3.05) is 6.54 Å². The second-order valence-electron chi connectivity index (χ2n) is 4.41. The minimum absolute atomic E-state index is 0.0378. The van der Waals surface area contributed by atoms with E-state index in [1.807, 2.05) is 30.3 Å². The number of hydrogen-bond acceptors (Lipinski definition) is 3. The Morgan fingerprint density at radius 2 is 1.85 bits per heavy atom. The maximum Gasteiger partial charge on any atom is 0.517 e. The molecule has 0 fully saturated rings. The fraction of sp³-hybridized carbons (Fsp3) is 0.357. The smallest absolute Gasteiger partial charge is 0.517 e. The van der Waals surface area contributed by atoms with Crippen molar-refractivity contribution in [1.29, 1.82) is 0 Å². The summed E-state index contributed by atoms with van der Waals surface area (Å²) < 4.78 is 0. The number of amides is 2. The van der Waals surface area contributed by atoms with Crippen molar-refractivity contribution in [3.05, 3.63) is 35.9 Å². The molecule has 0 aliphatic carbocycles. The van der Waals surface area contributed by atoms with E-state index in [0.717, 1.165) is 5.56 Å². The zero-order valence-corrected chi connectivity index (χ0v) is 11.3. The van der Waals surface area contributed by atoms with E-state index in [-0.39, 0.29) is 24.8 Å². The quantitative estimate of drug-likeness (QED) is 0.658. The van der Waals surface area contributed by atoms with Crippen molar-refractivity contribution in [2.24, 2.45) is 0 Å². The zero-order valence-electron chi connectivity index (χ0n) is 11.3. The fourth-order valence-corrected chi connectivity index (χ4v) is 1.73. The molecule has 2 amide bonds. The summed E-state index contributed by atoms with van der Waals surface area (Å²) in [5.41, 5.74) is 0.929. The number of rotatable bonds is 7. The molecule has 0 bridgehead atoms. The molecule has 20 heavy (non-hydrogen) atoms. The van der Waals surface area contributed by atoms with Crippen LogP contribution in [-0.4, -0.2) is 35.5 Å². The molecule has 1 aromatic carbocycles. The number of carbonyl (C=O) groups excluding carboxylic acids is 3. The van der Waals surface area contributed by atoms with Crippen LogP contribution in [0.15, 0.2) is 30.3 Å². The molecule has 0 spiro atoms. The molecule has 6 nitrogen and oxygen atoms in total. The van der Waals surface area contributed by atoms with Crippen molar-refractivity contribution in [1.82, 2.24) is 10.6 Å². The normalized spacial score (nSPS) is 11.4. The van der Waals surface area contributed by atoms with Crippen molar-refractivity contribution in [3.63, 3.8) is 0 Å². The Kier molecular flexibility index (Phi) is 6.22. The molecule has 0 aliphatic heterocycles. The molecular weight excluding hydrogens is 260 g/mol. The van der Waals surface area contributed by atoms with Gasteiger partial charge in [0.25, 0.3) is 0 Å². The average molecular weight is 279 g/mol. The van der Waals surface area contributed by atoms with Gasteiger partial charge in [0.2, 0.25) is 11.8 Å². The van der Waals surface area contributed by atoms with Crippen molar-refractivity contribution >= 4 is 17.8 Å². The summed E-state index contributed by atoms with van der Waals surface area (Å²) in [6, 6.07) is 8.64. The highest BCUT2D eigenvalue weighted by Crippen LogP contribution is 2.03. The zero-order chi connectivity index (χ0) is 15.0. The van der Waals surface area contributed by atoms with Gasteiger partial charge in [0.15, 0.2) is 0 Å². The van der Waals surface area contributed by atoms with Gasteiger partial charge in [0.1, 0.15) is 12.5 Å². The molecule has 0 aromatic heterocycles. The minimum Gasteiger partial charge on any atom is -0.565 e. The molecule has 0 unspecified atom stereocenters. The Labute approximate surface area is 117 Å². The summed E-state index contributed by atoms with van der Waals surface area (Å²) >= 11 is 0. The maximum atomic E-state index is 12.0.